The largest absolute Gasteiger partial charge is 0.769 e. The number of carbonyl (C=O) groups excluding carboxylic acids is 2. The van der Waals surface area contributed by atoms with E-state index < -0.39 is 23.0 Å². The molecule has 1 aliphatic rings. The summed E-state index contributed by atoms with van der Waals surface area (Å²) < 4.78 is 0. The number of amides is 2. The monoisotopic (exact) mass is 558 g/mol. The molecule has 5 N–H and O–H groups in total. The Bertz CT molecular complexity index is 1390. The molecule has 214 valence electrons. The topological polar surface area (TPSA) is 167 Å². The first-order chi connectivity index (χ1) is 19.5. The van der Waals surface area contributed by atoms with Gasteiger partial charge in [-0.3, -0.25) is 20.0 Å². The van der Waals surface area contributed by atoms with Gasteiger partial charge in [-0.15, -0.1) is 5.23 Å². The first kappa shape index (κ1) is 29.1. The lowest BCUT2D eigenvalue weighted by atomic mass is 9.79. The highest BCUT2D eigenvalue weighted by Crippen LogP contribution is 2.40. The fourth-order valence-electron chi connectivity index (χ4n) is 4.64. The minimum atomic E-state index is -0.754. The molecule has 1 unspecified atom stereocenters. The predicted octanol–water partition coefficient (Wildman–Crippen LogP) is 4.65. The van der Waals surface area contributed by atoms with E-state index in [1.165, 1.54) is 48.5 Å². The van der Waals surface area contributed by atoms with Crippen molar-refractivity contribution in [2.24, 2.45) is 0 Å². The van der Waals surface area contributed by atoms with Crippen molar-refractivity contribution in [1.82, 2.24) is 5.32 Å². The van der Waals surface area contributed by atoms with Crippen LogP contribution in [0.2, 0.25) is 0 Å². The molecule has 0 aromatic heterocycles. The van der Waals surface area contributed by atoms with Crippen molar-refractivity contribution in [2.45, 2.75) is 19.8 Å². The first-order valence-corrected chi connectivity index (χ1v) is 12.6. The highest BCUT2D eigenvalue weighted by Gasteiger charge is 2.36. The number of hydrogen-bond donors (Lipinski definition) is 5. The zero-order chi connectivity index (χ0) is 29.8. The molecule has 3 aromatic rings. The Hall–Kier alpha value is -4.88. The summed E-state index contributed by atoms with van der Waals surface area (Å²) in [5, 5.41) is 48.7. The van der Waals surface area contributed by atoms with Gasteiger partial charge in [0.25, 0.3) is 11.8 Å². The third-order valence-corrected chi connectivity index (χ3v) is 6.68. The van der Waals surface area contributed by atoms with E-state index in [9.17, 15) is 30.4 Å². The Morgan fingerprint density at radius 3 is 1.51 bits per heavy atom. The molecular weight excluding hydrogens is 528 g/mol. The van der Waals surface area contributed by atoms with Crippen LogP contribution in [0, 0.1) is 10.4 Å². The van der Waals surface area contributed by atoms with E-state index in [1.54, 1.807) is 13.8 Å². The number of carbonyl (C=O) groups is 2. The van der Waals surface area contributed by atoms with Crippen LogP contribution < -0.4 is 31.3 Å². The normalized spacial score (nSPS) is 14.8. The van der Waals surface area contributed by atoms with Crippen LogP contribution in [-0.2, 0) is 9.59 Å². The number of dihydropyridines is 1. The standard InChI is InChI=1S/C29H30N6O6/c1-17-25(28(36)31-20-7-13-23(14-8-20)34(38)39)27(19-5-11-22(12-6-19)33(3)4)26(18(2)30-17)29(37)32-21-9-15-24(16-10-21)35(40)41/h5-16,27,30,38-39H,1-4H3,(H,31,36)(H,32,37)/q-2. The third kappa shape index (κ3) is 6.48. The van der Waals surface area contributed by atoms with E-state index in [1.807, 2.05) is 43.3 Å². The molecule has 3 aromatic carbocycles. The van der Waals surface area contributed by atoms with E-state index in [0.29, 0.717) is 39.5 Å². The van der Waals surface area contributed by atoms with Crippen LogP contribution >= 0.6 is 0 Å². The van der Waals surface area contributed by atoms with Crippen LogP contribution in [0.5, 0.6) is 0 Å². The quantitative estimate of drug-likeness (QED) is 0.246. The van der Waals surface area contributed by atoms with Gasteiger partial charge in [-0.2, -0.15) is 0 Å². The molecule has 0 fully saturated rings. The summed E-state index contributed by atoms with van der Waals surface area (Å²) in [6.45, 7) is 3.50. The second kappa shape index (κ2) is 12.1. The number of allylic oxidation sites excluding steroid dienone is 2. The summed E-state index contributed by atoms with van der Waals surface area (Å²) in [5.41, 5.74) is 4.16. The summed E-state index contributed by atoms with van der Waals surface area (Å²) in [6, 6.07) is 18.9. The zero-order valence-corrected chi connectivity index (χ0v) is 22.9. The molecule has 1 heterocycles. The highest BCUT2D eigenvalue weighted by molar-refractivity contribution is 6.12. The van der Waals surface area contributed by atoms with Crippen LogP contribution in [0.3, 0.4) is 0 Å². The molecule has 0 bridgehead atoms. The molecule has 0 saturated carbocycles. The molecule has 1 atom stereocenters. The van der Waals surface area contributed by atoms with Crippen molar-refractivity contribution in [3.8, 4) is 0 Å². The Balaban J connectivity index is 1.72. The van der Waals surface area contributed by atoms with E-state index in [4.69, 9.17) is 0 Å². The van der Waals surface area contributed by atoms with Gasteiger partial charge in [0, 0.05) is 65.3 Å². The van der Waals surface area contributed by atoms with Crippen LogP contribution in [0.4, 0.5) is 28.4 Å². The molecule has 0 aliphatic carbocycles. The first-order valence-electron chi connectivity index (χ1n) is 12.6. The molecule has 0 spiro atoms. The molecule has 0 radical (unpaired) electrons. The van der Waals surface area contributed by atoms with Crippen molar-refractivity contribution in [1.29, 1.82) is 0 Å². The van der Waals surface area contributed by atoms with Gasteiger partial charge in [-0.05, 0) is 80.1 Å². The molecule has 2 amide bonds. The molecule has 12 heteroatoms. The predicted molar refractivity (Wildman–Crippen MR) is 157 cm³/mol. The Morgan fingerprint density at radius 1 is 0.707 bits per heavy atom. The molecule has 41 heavy (non-hydrogen) atoms. The lowest BCUT2D eigenvalue weighted by Gasteiger charge is -2.37. The summed E-state index contributed by atoms with van der Waals surface area (Å²) in [4.78, 5) is 29.4. The molecular formula is C29H30N6O6-2. The number of rotatable bonds is 8. The summed E-state index contributed by atoms with van der Waals surface area (Å²) in [5.74, 6) is -1.68. The maximum atomic E-state index is 13.7. The fraction of sp³-hybridized carbons (Fsp3) is 0.172. The second-order valence-electron chi connectivity index (χ2n) is 9.67. The maximum Gasteiger partial charge on any atom is 0.254 e. The highest BCUT2D eigenvalue weighted by atomic mass is 16.8. The van der Waals surface area contributed by atoms with Gasteiger partial charge >= 0.3 is 0 Å². The van der Waals surface area contributed by atoms with Gasteiger partial charge < -0.3 is 36.5 Å². The summed E-state index contributed by atoms with van der Waals surface area (Å²) in [7, 11) is 3.82. The summed E-state index contributed by atoms with van der Waals surface area (Å²) in [6.07, 6.45) is 0. The van der Waals surface area contributed by atoms with Crippen LogP contribution in [0.25, 0.3) is 0 Å². The van der Waals surface area contributed by atoms with E-state index in [0.717, 1.165) is 5.69 Å². The van der Waals surface area contributed by atoms with E-state index in [-0.39, 0.29) is 16.6 Å². The zero-order valence-electron chi connectivity index (χ0n) is 22.9. The summed E-state index contributed by atoms with van der Waals surface area (Å²) >= 11 is 0. The smallest absolute Gasteiger partial charge is 0.254 e. The number of nitrogens with one attached hydrogen (secondary N) is 3. The Kier molecular flexibility index (Phi) is 8.59. The van der Waals surface area contributed by atoms with E-state index in [2.05, 4.69) is 16.0 Å². The molecule has 4 rings (SSSR count). The van der Waals surface area contributed by atoms with Gasteiger partial charge in [0.2, 0.25) is 0 Å². The fourth-order valence-corrected chi connectivity index (χ4v) is 4.64. The third-order valence-electron chi connectivity index (χ3n) is 6.68. The molecule has 1 aliphatic heterocycles. The number of nitrogens with zero attached hydrogens (tertiary/aromatic N) is 3. The molecule has 12 nitrogen and oxygen atoms in total. The SMILES string of the molecule is CC1=C(C(=O)Nc2ccc(N([O-])[O-])cc2)C(c2ccc(N(C)C)cc2)C(C(=O)Nc2ccc(N(O)O)cc2)=C(C)N1. The Labute approximate surface area is 236 Å². The number of benzene rings is 3. The van der Waals surface area contributed by atoms with Gasteiger partial charge in [0.15, 0.2) is 0 Å². The number of hydrogen-bond acceptors (Lipinski definition) is 10. The van der Waals surface area contributed by atoms with Crippen molar-refractivity contribution in [2.75, 3.05) is 40.1 Å². The maximum absolute atomic E-state index is 13.7. The van der Waals surface area contributed by atoms with Crippen LogP contribution in [0.15, 0.2) is 95.3 Å². The van der Waals surface area contributed by atoms with Gasteiger partial charge in [0.05, 0.1) is 5.69 Å². The average Bonchev–Trinajstić information content (AvgIpc) is 2.93. The molecule has 0 saturated heterocycles. The lowest BCUT2D eigenvalue weighted by Crippen LogP contribution is -2.35. The lowest BCUT2D eigenvalue weighted by molar-refractivity contribution is -0.113. The van der Waals surface area contributed by atoms with E-state index >= 15 is 0 Å². The van der Waals surface area contributed by atoms with Crippen molar-refractivity contribution in [3.05, 3.63) is 111 Å². The minimum Gasteiger partial charge on any atom is -0.769 e. The van der Waals surface area contributed by atoms with Crippen molar-refractivity contribution in [3.63, 3.8) is 0 Å². The average molecular weight is 559 g/mol. The van der Waals surface area contributed by atoms with Gasteiger partial charge in [-0.25, -0.2) is 0 Å². The van der Waals surface area contributed by atoms with Crippen LogP contribution in [-0.4, -0.2) is 36.3 Å². The van der Waals surface area contributed by atoms with Crippen LogP contribution in [0.1, 0.15) is 25.3 Å². The van der Waals surface area contributed by atoms with Gasteiger partial charge in [-0.1, -0.05) is 12.1 Å². The van der Waals surface area contributed by atoms with Gasteiger partial charge in [0.1, 0.15) is 0 Å². The van der Waals surface area contributed by atoms with Crippen molar-refractivity contribution < 1.29 is 20.0 Å². The number of anilines is 5. The second-order valence-corrected chi connectivity index (χ2v) is 9.67. The minimum absolute atomic E-state index is 0.0276. The van der Waals surface area contributed by atoms with Crippen molar-refractivity contribution >= 4 is 40.3 Å². The Morgan fingerprint density at radius 2 is 1.12 bits per heavy atom.